The highest BCUT2D eigenvalue weighted by Gasteiger charge is 2.33. The van der Waals surface area contributed by atoms with Crippen LogP contribution >= 0.6 is 7.60 Å². The molecule has 0 radical (unpaired) electrons. The number of hydrogen-bond acceptors (Lipinski definition) is 3. The van der Waals surface area contributed by atoms with E-state index in [9.17, 15) is 4.57 Å². The normalized spacial score (nSPS) is 17.9. The zero-order valence-electron chi connectivity index (χ0n) is 10.6. The van der Waals surface area contributed by atoms with Gasteiger partial charge in [0.1, 0.15) is 12.2 Å². The molecule has 17 heavy (non-hydrogen) atoms. The summed E-state index contributed by atoms with van der Waals surface area (Å²) >= 11 is 0. The summed E-state index contributed by atoms with van der Waals surface area (Å²) in [4.78, 5) is 0. The van der Waals surface area contributed by atoms with Crippen LogP contribution in [0.1, 0.15) is 27.2 Å². The van der Waals surface area contributed by atoms with Crippen LogP contribution in [-0.2, 0) is 13.6 Å². The van der Waals surface area contributed by atoms with Crippen molar-refractivity contribution in [2.24, 2.45) is 0 Å². The lowest BCUT2D eigenvalue weighted by Gasteiger charge is -2.27. The van der Waals surface area contributed by atoms with Crippen molar-refractivity contribution in [1.82, 2.24) is 0 Å². The van der Waals surface area contributed by atoms with E-state index in [1.807, 2.05) is 13.8 Å². The molecular formula is C13H19O3P. The second-order valence-corrected chi connectivity index (χ2v) is 5.69. The third-order valence-electron chi connectivity index (χ3n) is 2.23. The van der Waals surface area contributed by atoms with E-state index in [-0.39, 0.29) is 12.8 Å². The van der Waals surface area contributed by atoms with Crippen LogP contribution in [0.4, 0.5) is 0 Å². The Morgan fingerprint density at radius 1 is 1.47 bits per heavy atom. The maximum Gasteiger partial charge on any atom is 0.336 e. The van der Waals surface area contributed by atoms with Crippen molar-refractivity contribution in [3.05, 3.63) is 12.2 Å². The van der Waals surface area contributed by atoms with E-state index in [2.05, 4.69) is 11.8 Å². The van der Waals surface area contributed by atoms with Crippen molar-refractivity contribution in [3.8, 4) is 24.7 Å². The van der Waals surface area contributed by atoms with Crippen LogP contribution in [0.5, 0.6) is 0 Å². The van der Waals surface area contributed by atoms with Crippen LogP contribution in [0.2, 0.25) is 0 Å². The molecule has 0 heterocycles. The van der Waals surface area contributed by atoms with Gasteiger partial charge in [-0.15, -0.1) is 12.8 Å². The second-order valence-electron chi connectivity index (χ2n) is 3.66. The zero-order chi connectivity index (χ0) is 13.4. The predicted octanol–water partition coefficient (Wildman–Crippen LogP) is 3.22. The van der Waals surface area contributed by atoms with Crippen molar-refractivity contribution >= 4 is 7.60 Å². The molecule has 0 saturated heterocycles. The summed E-state index contributed by atoms with van der Waals surface area (Å²) in [5, 5.41) is 0. The lowest BCUT2D eigenvalue weighted by molar-refractivity contribution is 0.113. The van der Waals surface area contributed by atoms with E-state index in [0.29, 0.717) is 6.42 Å². The summed E-state index contributed by atoms with van der Waals surface area (Å²) in [6, 6.07) is 0. The topological polar surface area (TPSA) is 35.5 Å². The Kier molecular flexibility index (Phi) is 6.93. The van der Waals surface area contributed by atoms with Gasteiger partial charge in [-0.05, 0) is 20.3 Å². The molecule has 0 spiro atoms. The molecule has 2 unspecified atom stereocenters. The van der Waals surface area contributed by atoms with Gasteiger partial charge in [0.2, 0.25) is 0 Å². The standard InChI is InChI=1S/C13H19O3P/c1-6-10-12-17(14,15-11-7-2)16-13(5,8-3)9-4/h2-3,6,10H,9,11-12H2,1,4-5H3. The summed E-state index contributed by atoms with van der Waals surface area (Å²) in [6.07, 6.45) is 14.7. The fourth-order valence-electron chi connectivity index (χ4n) is 0.986. The summed E-state index contributed by atoms with van der Waals surface area (Å²) in [5.74, 6) is 4.76. The molecule has 0 fully saturated rings. The van der Waals surface area contributed by atoms with Crippen molar-refractivity contribution in [1.29, 1.82) is 0 Å². The highest BCUT2D eigenvalue weighted by atomic mass is 31.2. The quantitative estimate of drug-likeness (QED) is 0.397. The third kappa shape index (κ3) is 5.76. The highest BCUT2D eigenvalue weighted by Crippen LogP contribution is 2.52. The van der Waals surface area contributed by atoms with Crippen LogP contribution in [0.25, 0.3) is 0 Å². The molecule has 0 bridgehead atoms. The van der Waals surface area contributed by atoms with E-state index >= 15 is 0 Å². The van der Waals surface area contributed by atoms with Gasteiger partial charge in [-0.25, -0.2) is 0 Å². The van der Waals surface area contributed by atoms with Gasteiger partial charge < -0.3 is 0 Å². The van der Waals surface area contributed by atoms with Gasteiger partial charge in [-0.2, -0.15) is 0 Å². The lowest BCUT2D eigenvalue weighted by Crippen LogP contribution is -2.25. The van der Waals surface area contributed by atoms with Gasteiger partial charge in [-0.1, -0.05) is 30.9 Å². The Bertz CT molecular complexity index is 386. The minimum atomic E-state index is -3.28. The fourth-order valence-corrected chi connectivity index (χ4v) is 2.76. The molecule has 94 valence electrons. The highest BCUT2D eigenvalue weighted by molar-refractivity contribution is 7.54. The molecule has 2 atom stereocenters. The smallest absolute Gasteiger partial charge is 0.295 e. The number of allylic oxidation sites excluding steroid dienone is 2. The molecule has 0 amide bonds. The molecule has 3 nitrogen and oxygen atoms in total. The molecule has 0 aliphatic rings. The summed E-state index contributed by atoms with van der Waals surface area (Å²) in [5.41, 5.74) is -0.897. The molecule has 0 N–H and O–H groups in total. The molecule has 4 heteroatoms. The van der Waals surface area contributed by atoms with E-state index in [1.54, 1.807) is 19.1 Å². The Balaban J connectivity index is 4.88. The van der Waals surface area contributed by atoms with Crippen molar-refractivity contribution in [2.45, 2.75) is 32.8 Å². The molecule has 0 aliphatic heterocycles. The first kappa shape index (κ1) is 16.0. The first-order chi connectivity index (χ1) is 7.95. The summed E-state index contributed by atoms with van der Waals surface area (Å²) in [7, 11) is -3.28. The predicted molar refractivity (Wildman–Crippen MR) is 70.7 cm³/mol. The number of rotatable bonds is 7. The van der Waals surface area contributed by atoms with E-state index < -0.39 is 13.2 Å². The van der Waals surface area contributed by atoms with Crippen LogP contribution in [-0.4, -0.2) is 18.4 Å². The number of terminal acetylenes is 2. The van der Waals surface area contributed by atoms with Crippen LogP contribution in [0.15, 0.2) is 12.2 Å². The molecule has 0 aliphatic carbocycles. The van der Waals surface area contributed by atoms with Gasteiger partial charge >= 0.3 is 7.60 Å². The second kappa shape index (κ2) is 7.36. The van der Waals surface area contributed by atoms with Crippen LogP contribution in [0, 0.1) is 24.7 Å². The third-order valence-corrected chi connectivity index (χ3v) is 4.09. The van der Waals surface area contributed by atoms with Gasteiger partial charge in [0.15, 0.2) is 0 Å². The monoisotopic (exact) mass is 254 g/mol. The Morgan fingerprint density at radius 2 is 2.12 bits per heavy atom. The molecule has 0 saturated carbocycles. The van der Waals surface area contributed by atoms with Gasteiger partial charge in [0.05, 0.1) is 6.16 Å². The molecular weight excluding hydrogens is 235 g/mol. The molecule has 0 aromatic heterocycles. The first-order valence-electron chi connectivity index (χ1n) is 5.42. The summed E-state index contributed by atoms with van der Waals surface area (Å²) in [6.45, 7) is 5.33. The SMILES string of the molecule is C#CCOP(=O)(CC=CC)OC(C)(C#C)CC. The van der Waals surface area contributed by atoms with E-state index in [0.717, 1.165) is 0 Å². The Morgan fingerprint density at radius 3 is 2.53 bits per heavy atom. The molecule has 0 aromatic rings. The van der Waals surface area contributed by atoms with Gasteiger partial charge in [-0.3, -0.25) is 13.6 Å². The van der Waals surface area contributed by atoms with Crippen molar-refractivity contribution < 1.29 is 13.6 Å². The van der Waals surface area contributed by atoms with E-state index in [1.165, 1.54) is 0 Å². The van der Waals surface area contributed by atoms with Crippen LogP contribution in [0.3, 0.4) is 0 Å². The Labute approximate surface area is 104 Å². The first-order valence-corrected chi connectivity index (χ1v) is 7.15. The van der Waals surface area contributed by atoms with Crippen molar-refractivity contribution in [3.63, 3.8) is 0 Å². The lowest BCUT2D eigenvalue weighted by atomic mass is 10.1. The average molecular weight is 254 g/mol. The van der Waals surface area contributed by atoms with Gasteiger partial charge in [0, 0.05) is 0 Å². The molecule has 0 rings (SSSR count). The van der Waals surface area contributed by atoms with E-state index in [4.69, 9.17) is 21.9 Å². The number of hydrogen-bond donors (Lipinski definition) is 0. The summed E-state index contributed by atoms with van der Waals surface area (Å²) < 4.78 is 23.0. The minimum absolute atomic E-state index is 0.0564. The Hall–Kier alpha value is -0.990. The van der Waals surface area contributed by atoms with Crippen LogP contribution < -0.4 is 0 Å². The van der Waals surface area contributed by atoms with Gasteiger partial charge in [0.25, 0.3) is 0 Å². The maximum absolute atomic E-state index is 12.4. The molecule has 0 aromatic carbocycles. The minimum Gasteiger partial charge on any atom is -0.295 e. The fraction of sp³-hybridized carbons (Fsp3) is 0.538. The average Bonchev–Trinajstić information content (AvgIpc) is 2.34. The zero-order valence-corrected chi connectivity index (χ0v) is 11.5. The largest absolute Gasteiger partial charge is 0.336 e. The maximum atomic E-state index is 12.4. The van der Waals surface area contributed by atoms with Crippen molar-refractivity contribution in [2.75, 3.05) is 12.8 Å².